The van der Waals surface area contributed by atoms with Gasteiger partial charge >= 0.3 is 6.03 Å². The number of aliphatic hydroxyl groups excluding tert-OH is 1. The summed E-state index contributed by atoms with van der Waals surface area (Å²) >= 11 is 0. The highest BCUT2D eigenvalue weighted by molar-refractivity contribution is 5.75. The first kappa shape index (κ1) is 17.0. The van der Waals surface area contributed by atoms with Crippen LogP contribution in [0.2, 0.25) is 0 Å². The number of halogens is 1. The van der Waals surface area contributed by atoms with E-state index in [1.165, 1.54) is 6.07 Å². The van der Waals surface area contributed by atoms with E-state index in [9.17, 15) is 14.3 Å². The molecule has 2 unspecified atom stereocenters. The van der Waals surface area contributed by atoms with Crippen LogP contribution in [0.3, 0.4) is 0 Å². The quantitative estimate of drug-likeness (QED) is 0.774. The van der Waals surface area contributed by atoms with Gasteiger partial charge in [-0.2, -0.15) is 0 Å². The van der Waals surface area contributed by atoms with Gasteiger partial charge in [0.2, 0.25) is 0 Å². The molecule has 0 heterocycles. The van der Waals surface area contributed by atoms with E-state index in [0.29, 0.717) is 18.4 Å². The molecule has 2 aliphatic rings. The molecule has 0 aromatic heterocycles. The van der Waals surface area contributed by atoms with Crippen molar-refractivity contribution >= 4 is 6.03 Å². The van der Waals surface area contributed by atoms with Crippen LogP contribution in [0.4, 0.5) is 9.18 Å². The number of hydrogen-bond donors (Lipinski definition) is 3. The molecule has 2 aromatic carbocycles. The molecule has 0 saturated heterocycles. The second kappa shape index (κ2) is 6.72. The Balaban J connectivity index is 1.52. The maximum Gasteiger partial charge on any atom is 0.315 e. The fraction of sp³-hybridized carbons (Fsp3) is 0.381. The van der Waals surface area contributed by atoms with Gasteiger partial charge in [-0.1, -0.05) is 43.3 Å². The molecule has 0 aliphatic heterocycles. The predicted molar refractivity (Wildman–Crippen MR) is 97.2 cm³/mol. The van der Waals surface area contributed by atoms with Crippen LogP contribution in [0.5, 0.6) is 0 Å². The Bertz CT molecular complexity index is 839. The molecule has 0 spiro atoms. The fourth-order valence-electron chi connectivity index (χ4n) is 4.27. The van der Waals surface area contributed by atoms with Crippen molar-refractivity contribution in [1.29, 1.82) is 0 Å². The number of aliphatic hydroxyl groups is 1. The third-order valence-corrected chi connectivity index (χ3v) is 5.69. The minimum atomic E-state index is -0.633. The molecule has 0 bridgehead atoms. The highest BCUT2D eigenvalue weighted by Crippen LogP contribution is 2.36. The van der Waals surface area contributed by atoms with Gasteiger partial charge in [0.25, 0.3) is 0 Å². The van der Waals surface area contributed by atoms with Crippen LogP contribution < -0.4 is 10.6 Å². The summed E-state index contributed by atoms with van der Waals surface area (Å²) in [6.45, 7) is 2.07. The fourth-order valence-corrected chi connectivity index (χ4v) is 4.27. The lowest BCUT2D eigenvalue weighted by Crippen LogP contribution is -2.44. The molecule has 4 rings (SSSR count). The molecule has 3 N–H and O–H groups in total. The first-order valence-electron chi connectivity index (χ1n) is 9.14. The smallest absolute Gasteiger partial charge is 0.315 e. The normalized spacial score (nSPS) is 26.7. The van der Waals surface area contributed by atoms with Gasteiger partial charge in [-0.15, -0.1) is 0 Å². The molecule has 4 nitrogen and oxygen atoms in total. The van der Waals surface area contributed by atoms with Gasteiger partial charge in [0.1, 0.15) is 5.82 Å². The number of urea groups is 1. The van der Waals surface area contributed by atoms with Crippen LogP contribution in [-0.4, -0.2) is 17.2 Å². The molecule has 0 radical (unpaired) electrons. The molecule has 0 saturated carbocycles. The van der Waals surface area contributed by atoms with E-state index in [0.717, 1.165) is 23.1 Å². The molecular formula is C21H23FN2O2. The number of amides is 2. The van der Waals surface area contributed by atoms with Crippen LogP contribution in [0, 0.1) is 11.7 Å². The Hall–Kier alpha value is -2.40. The lowest BCUT2D eigenvalue weighted by atomic mass is 9.80. The average molecular weight is 354 g/mol. The molecule has 2 amide bonds. The number of fused-ring (bicyclic) bond motifs is 2. The molecule has 136 valence electrons. The van der Waals surface area contributed by atoms with Gasteiger partial charge in [0.15, 0.2) is 0 Å². The Morgan fingerprint density at radius 3 is 2.65 bits per heavy atom. The van der Waals surface area contributed by atoms with Crippen molar-refractivity contribution in [1.82, 2.24) is 10.6 Å². The number of rotatable bonds is 2. The summed E-state index contributed by atoms with van der Waals surface area (Å²) in [5, 5.41) is 16.2. The second-order valence-electron chi connectivity index (χ2n) is 7.37. The summed E-state index contributed by atoms with van der Waals surface area (Å²) in [4.78, 5) is 12.6. The van der Waals surface area contributed by atoms with Crippen LogP contribution in [0.1, 0.15) is 47.7 Å². The van der Waals surface area contributed by atoms with Crippen LogP contribution in [-0.2, 0) is 12.8 Å². The Kier molecular flexibility index (Phi) is 4.41. The first-order chi connectivity index (χ1) is 12.5. The summed E-state index contributed by atoms with van der Waals surface area (Å²) < 4.78 is 14.1. The first-order valence-corrected chi connectivity index (χ1v) is 9.14. The zero-order chi connectivity index (χ0) is 18.3. The molecule has 5 heteroatoms. The van der Waals surface area contributed by atoms with E-state index in [1.807, 2.05) is 30.3 Å². The van der Waals surface area contributed by atoms with Gasteiger partial charge in [-0.3, -0.25) is 0 Å². The maximum absolute atomic E-state index is 14.1. The van der Waals surface area contributed by atoms with Gasteiger partial charge in [0.05, 0.1) is 18.2 Å². The Morgan fingerprint density at radius 2 is 1.81 bits per heavy atom. The average Bonchev–Trinajstić information content (AvgIpc) is 2.93. The van der Waals surface area contributed by atoms with E-state index in [2.05, 4.69) is 17.6 Å². The number of hydrogen-bond acceptors (Lipinski definition) is 2. The van der Waals surface area contributed by atoms with E-state index >= 15 is 0 Å². The highest BCUT2D eigenvalue weighted by Gasteiger charge is 2.34. The molecular weight excluding hydrogens is 331 g/mol. The zero-order valence-corrected chi connectivity index (χ0v) is 14.7. The van der Waals surface area contributed by atoms with Crippen LogP contribution >= 0.6 is 0 Å². The van der Waals surface area contributed by atoms with E-state index in [1.54, 1.807) is 6.07 Å². The van der Waals surface area contributed by atoms with Crippen molar-refractivity contribution in [3.05, 3.63) is 70.5 Å². The summed E-state index contributed by atoms with van der Waals surface area (Å²) in [6, 6.07) is 11.8. The number of carbonyl (C=O) groups is 1. The summed E-state index contributed by atoms with van der Waals surface area (Å²) in [7, 11) is 0. The van der Waals surface area contributed by atoms with Crippen molar-refractivity contribution in [2.24, 2.45) is 5.92 Å². The Labute approximate surface area is 152 Å². The lowest BCUT2D eigenvalue weighted by molar-refractivity contribution is 0.141. The standard InChI is InChI=1S/C21H23FN2O2/c1-12-9-10-15-16(7-4-8-17(15)22)19(12)23-21(26)24-20-14-6-3-2-5-13(14)11-18(20)25/h2-8,12,18-20,25H,9-11H2,1H3,(H2,23,24,26)/t12?,18-,19?,20+/m1/s1. The maximum atomic E-state index is 14.1. The highest BCUT2D eigenvalue weighted by atomic mass is 19.1. The predicted octanol–water partition coefficient (Wildman–Crippen LogP) is 3.41. The number of nitrogens with one attached hydrogen (secondary N) is 2. The van der Waals surface area contributed by atoms with Crippen molar-refractivity contribution in [3.63, 3.8) is 0 Å². The summed E-state index contributed by atoms with van der Waals surface area (Å²) in [6.07, 6.45) is 1.42. The third-order valence-electron chi connectivity index (χ3n) is 5.69. The van der Waals surface area contributed by atoms with Crippen molar-refractivity contribution in [2.45, 2.75) is 44.4 Å². The monoisotopic (exact) mass is 354 g/mol. The molecule has 4 atom stereocenters. The van der Waals surface area contributed by atoms with Crippen LogP contribution in [0.15, 0.2) is 42.5 Å². The van der Waals surface area contributed by atoms with Crippen LogP contribution in [0.25, 0.3) is 0 Å². The van der Waals surface area contributed by atoms with Crippen molar-refractivity contribution in [2.75, 3.05) is 0 Å². The SMILES string of the molecule is CC1CCc2c(F)cccc2C1NC(=O)N[C@H]1c2ccccc2C[C@H]1O. The minimum Gasteiger partial charge on any atom is -0.390 e. The third kappa shape index (κ3) is 2.97. The molecule has 26 heavy (non-hydrogen) atoms. The molecule has 0 fully saturated rings. The Morgan fingerprint density at radius 1 is 1.08 bits per heavy atom. The minimum absolute atomic E-state index is 0.207. The zero-order valence-electron chi connectivity index (χ0n) is 14.7. The largest absolute Gasteiger partial charge is 0.390 e. The molecule has 2 aliphatic carbocycles. The molecule has 2 aromatic rings. The summed E-state index contributed by atoms with van der Waals surface area (Å²) in [5.41, 5.74) is 3.57. The lowest BCUT2D eigenvalue weighted by Gasteiger charge is -2.33. The van der Waals surface area contributed by atoms with E-state index in [-0.39, 0.29) is 23.8 Å². The van der Waals surface area contributed by atoms with E-state index < -0.39 is 12.1 Å². The summed E-state index contributed by atoms with van der Waals surface area (Å²) in [5.74, 6) is 0.0117. The van der Waals surface area contributed by atoms with Crippen molar-refractivity contribution < 1.29 is 14.3 Å². The van der Waals surface area contributed by atoms with E-state index in [4.69, 9.17) is 0 Å². The van der Waals surface area contributed by atoms with Crippen molar-refractivity contribution in [3.8, 4) is 0 Å². The van der Waals surface area contributed by atoms with Gasteiger partial charge in [-0.25, -0.2) is 9.18 Å². The second-order valence-corrected chi connectivity index (χ2v) is 7.37. The number of carbonyl (C=O) groups excluding carboxylic acids is 1. The van der Waals surface area contributed by atoms with Gasteiger partial charge < -0.3 is 15.7 Å². The van der Waals surface area contributed by atoms with Gasteiger partial charge in [-0.05, 0) is 47.1 Å². The van der Waals surface area contributed by atoms with Gasteiger partial charge in [0, 0.05) is 6.42 Å². The topological polar surface area (TPSA) is 61.4 Å². The number of benzene rings is 2.